The van der Waals surface area contributed by atoms with E-state index in [0.29, 0.717) is 12.3 Å². The Balaban J connectivity index is 1.42. The molecule has 0 aromatic heterocycles. The number of carbonyl (C=O) groups is 1. The second kappa shape index (κ2) is 6.71. The molecule has 3 nitrogen and oxygen atoms in total. The first-order valence-electron chi connectivity index (χ1n) is 8.66. The van der Waals surface area contributed by atoms with E-state index in [2.05, 4.69) is 29.2 Å². The number of carbonyl (C=O) groups excluding carboxylic acids is 1. The highest BCUT2D eigenvalue weighted by Gasteiger charge is 2.39. The molecule has 3 aliphatic heterocycles. The van der Waals surface area contributed by atoms with Crippen molar-refractivity contribution in [2.75, 3.05) is 45.8 Å². The van der Waals surface area contributed by atoms with Gasteiger partial charge < -0.3 is 4.48 Å². The summed E-state index contributed by atoms with van der Waals surface area (Å²) in [6.07, 6.45) is 0. The number of rotatable bonds is 5. The molecule has 24 heavy (non-hydrogen) atoms. The van der Waals surface area contributed by atoms with Crippen molar-refractivity contribution < 1.29 is 9.28 Å². The highest BCUT2D eigenvalue weighted by Crippen LogP contribution is 2.28. The maximum Gasteiger partial charge on any atom is 0.216 e. The summed E-state index contributed by atoms with van der Waals surface area (Å²) in [5.41, 5.74) is 0.855. The molecule has 0 N–H and O–H groups in total. The van der Waals surface area contributed by atoms with Crippen LogP contribution in [0.1, 0.15) is 10.4 Å². The van der Waals surface area contributed by atoms with Gasteiger partial charge in [-0.25, -0.2) is 0 Å². The van der Waals surface area contributed by atoms with Crippen LogP contribution in [-0.2, 0) is 0 Å². The van der Waals surface area contributed by atoms with Gasteiger partial charge in [-0.05, 0) is 24.3 Å². The number of hydrogen-bond acceptors (Lipinski definition) is 3. The predicted molar refractivity (Wildman–Crippen MR) is 97.5 cm³/mol. The second-order valence-corrected chi connectivity index (χ2v) is 8.02. The summed E-state index contributed by atoms with van der Waals surface area (Å²) in [4.78, 5) is 17.6. The van der Waals surface area contributed by atoms with E-state index in [4.69, 9.17) is 0 Å². The van der Waals surface area contributed by atoms with Gasteiger partial charge in [-0.1, -0.05) is 42.1 Å². The number of nitrogens with zero attached hydrogens (tertiary/aromatic N) is 2. The lowest BCUT2D eigenvalue weighted by atomic mass is 10.1. The predicted octanol–water partition coefficient (Wildman–Crippen LogP) is 3.17. The molecule has 3 heterocycles. The molecule has 124 valence electrons. The summed E-state index contributed by atoms with van der Waals surface area (Å²) in [6, 6.07) is 18.5. The van der Waals surface area contributed by atoms with Crippen LogP contribution in [-0.4, -0.2) is 61.0 Å². The van der Waals surface area contributed by atoms with E-state index in [0.717, 1.165) is 49.3 Å². The highest BCUT2D eigenvalue weighted by molar-refractivity contribution is 7.99. The molecule has 3 saturated heterocycles. The van der Waals surface area contributed by atoms with Gasteiger partial charge in [0.15, 0.2) is 0 Å². The fourth-order valence-electron chi connectivity index (χ4n) is 3.70. The number of ketones is 1. The minimum atomic E-state index is 0.293. The number of piperazine rings is 3. The van der Waals surface area contributed by atoms with Crippen LogP contribution in [0.25, 0.3) is 0 Å². The van der Waals surface area contributed by atoms with E-state index < -0.39 is 0 Å². The quantitative estimate of drug-likeness (QED) is 0.616. The molecule has 0 unspecified atom stereocenters. The monoisotopic (exact) mass is 339 g/mol. The summed E-state index contributed by atoms with van der Waals surface area (Å²) < 4.78 is 0.996. The molecule has 0 spiro atoms. The van der Waals surface area contributed by atoms with Crippen LogP contribution in [0.3, 0.4) is 0 Å². The first kappa shape index (κ1) is 15.9. The van der Waals surface area contributed by atoms with E-state index in [9.17, 15) is 4.79 Å². The minimum absolute atomic E-state index is 0.293. The number of quaternary nitrogens is 1. The van der Waals surface area contributed by atoms with E-state index in [1.807, 2.05) is 30.3 Å². The maximum absolute atomic E-state index is 12.7. The molecule has 0 saturated carbocycles. The molecule has 5 rings (SSSR count). The van der Waals surface area contributed by atoms with Crippen molar-refractivity contribution in [3.63, 3.8) is 0 Å². The molecule has 0 aliphatic carbocycles. The van der Waals surface area contributed by atoms with Crippen LogP contribution in [0.15, 0.2) is 64.4 Å². The third-order valence-corrected chi connectivity index (χ3v) is 6.32. The van der Waals surface area contributed by atoms with E-state index in [1.54, 1.807) is 11.8 Å². The number of hydrogen-bond donors (Lipinski definition) is 0. The summed E-state index contributed by atoms with van der Waals surface area (Å²) in [7, 11) is 0. The summed E-state index contributed by atoms with van der Waals surface area (Å²) in [5, 5.41) is 0. The Morgan fingerprint density at radius 3 is 2.08 bits per heavy atom. The van der Waals surface area contributed by atoms with Crippen LogP contribution in [0, 0.1) is 0 Å². The van der Waals surface area contributed by atoms with Gasteiger partial charge in [-0.15, -0.1) is 0 Å². The SMILES string of the molecule is O=C(C[N+]12CCN(CC1)CC2)c1ccc(Sc2ccccc2)cc1. The normalized spacial score (nSPS) is 25.6. The Hall–Kier alpha value is -1.62. The Bertz CT molecular complexity index is 692. The Kier molecular flexibility index (Phi) is 4.44. The van der Waals surface area contributed by atoms with E-state index in [1.165, 1.54) is 9.79 Å². The van der Waals surface area contributed by atoms with Crippen molar-refractivity contribution in [1.29, 1.82) is 0 Å². The molecule has 2 aromatic carbocycles. The zero-order chi connectivity index (χ0) is 16.4. The lowest BCUT2D eigenvalue weighted by Crippen LogP contribution is -2.68. The first-order chi connectivity index (χ1) is 11.7. The maximum atomic E-state index is 12.7. The van der Waals surface area contributed by atoms with Crippen LogP contribution in [0.5, 0.6) is 0 Å². The Morgan fingerprint density at radius 2 is 1.46 bits per heavy atom. The first-order valence-corrected chi connectivity index (χ1v) is 9.48. The third kappa shape index (κ3) is 3.41. The number of fused-ring (bicyclic) bond motifs is 3. The fourth-order valence-corrected chi connectivity index (χ4v) is 4.54. The van der Waals surface area contributed by atoms with Crippen LogP contribution < -0.4 is 0 Å². The van der Waals surface area contributed by atoms with Crippen LogP contribution >= 0.6 is 11.8 Å². The average molecular weight is 339 g/mol. The van der Waals surface area contributed by atoms with Gasteiger partial charge >= 0.3 is 0 Å². The highest BCUT2D eigenvalue weighted by atomic mass is 32.2. The lowest BCUT2D eigenvalue weighted by Gasteiger charge is -2.50. The van der Waals surface area contributed by atoms with Gasteiger partial charge in [0.2, 0.25) is 5.78 Å². The molecule has 3 fully saturated rings. The number of benzene rings is 2. The lowest BCUT2D eigenvalue weighted by molar-refractivity contribution is -0.933. The molecule has 2 bridgehead atoms. The number of Topliss-reactive ketones (excluding diaryl/α,β-unsaturated/α-hetero) is 1. The molecular formula is C20H23N2OS+. The van der Waals surface area contributed by atoms with E-state index in [-0.39, 0.29) is 0 Å². The molecule has 3 aliphatic rings. The van der Waals surface area contributed by atoms with Crippen molar-refractivity contribution in [2.24, 2.45) is 0 Å². The molecular weight excluding hydrogens is 316 g/mol. The Labute approximate surface area is 147 Å². The Morgan fingerprint density at radius 1 is 0.875 bits per heavy atom. The van der Waals surface area contributed by atoms with Crippen molar-refractivity contribution in [1.82, 2.24) is 4.90 Å². The molecule has 2 aromatic rings. The van der Waals surface area contributed by atoms with Gasteiger partial charge in [0, 0.05) is 35.0 Å². The van der Waals surface area contributed by atoms with Gasteiger partial charge in [-0.3, -0.25) is 9.69 Å². The second-order valence-electron chi connectivity index (χ2n) is 6.87. The van der Waals surface area contributed by atoms with Crippen molar-refractivity contribution >= 4 is 17.5 Å². The van der Waals surface area contributed by atoms with Gasteiger partial charge in [0.1, 0.15) is 6.54 Å². The van der Waals surface area contributed by atoms with Gasteiger partial charge in [-0.2, -0.15) is 0 Å². The van der Waals surface area contributed by atoms with E-state index >= 15 is 0 Å². The average Bonchev–Trinajstić information content (AvgIpc) is 2.64. The topological polar surface area (TPSA) is 20.3 Å². The van der Waals surface area contributed by atoms with Crippen LogP contribution in [0.2, 0.25) is 0 Å². The molecule has 0 amide bonds. The molecule has 0 radical (unpaired) electrons. The largest absolute Gasteiger partial charge is 0.314 e. The smallest absolute Gasteiger partial charge is 0.216 e. The zero-order valence-corrected chi connectivity index (χ0v) is 14.7. The fraction of sp³-hybridized carbons (Fsp3) is 0.350. The van der Waals surface area contributed by atoms with Crippen molar-refractivity contribution in [3.05, 3.63) is 60.2 Å². The van der Waals surface area contributed by atoms with Crippen LogP contribution in [0.4, 0.5) is 0 Å². The van der Waals surface area contributed by atoms with Gasteiger partial charge in [0.05, 0.1) is 19.6 Å². The standard InChI is InChI=1S/C20H23N2OS/c23-20(16-22-13-10-21(11-14-22)12-15-22)17-6-8-19(9-7-17)24-18-4-2-1-3-5-18/h1-9H,10-16H2/q+1. The minimum Gasteiger partial charge on any atom is -0.314 e. The summed E-state index contributed by atoms with van der Waals surface area (Å²) in [5.74, 6) is 0.293. The zero-order valence-electron chi connectivity index (χ0n) is 13.9. The molecule has 0 atom stereocenters. The third-order valence-electron chi connectivity index (χ3n) is 5.31. The van der Waals surface area contributed by atoms with Gasteiger partial charge in [0.25, 0.3) is 0 Å². The van der Waals surface area contributed by atoms with Crippen molar-refractivity contribution in [2.45, 2.75) is 9.79 Å². The summed E-state index contributed by atoms with van der Waals surface area (Å²) in [6.45, 7) is 7.52. The molecule has 4 heteroatoms. The summed E-state index contributed by atoms with van der Waals surface area (Å²) >= 11 is 1.73. The van der Waals surface area contributed by atoms with Crippen molar-refractivity contribution in [3.8, 4) is 0 Å².